The molecular formula is C41H47N. The molecule has 1 heterocycles. The number of hydrogen-bond donors (Lipinski definition) is 0. The van der Waals surface area contributed by atoms with Crippen molar-refractivity contribution in [1.82, 2.24) is 4.57 Å². The van der Waals surface area contributed by atoms with Gasteiger partial charge in [0.25, 0.3) is 0 Å². The predicted octanol–water partition coefficient (Wildman–Crippen LogP) is 12.2. The Bertz CT molecular complexity index is 1880. The molecule has 0 N–H and O–H groups in total. The van der Waals surface area contributed by atoms with Crippen LogP contribution in [0.25, 0.3) is 49.0 Å². The fraction of sp³-hybridized carbons (Fsp3) is 0.366. The summed E-state index contributed by atoms with van der Waals surface area (Å²) in [7, 11) is 0. The normalized spacial score (nSPS) is 12.7. The highest BCUT2D eigenvalue weighted by molar-refractivity contribution is 6.15. The maximum absolute atomic E-state index is 2.53. The molecule has 0 saturated carbocycles. The smallest absolute Gasteiger partial charge is 0.0546 e. The third-order valence-electron chi connectivity index (χ3n) is 9.38. The monoisotopic (exact) mass is 553 g/mol. The summed E-state index contributed by atoms with van der Waals surface area (Å²) in [4.78, 5) is 0. The first-order chi connectivity index (χ1) is 20.2. The van der Waals surface area contributed by atoms with Crippen molar-refractivity contribution in [3.63, 3.8) is 0 Å². The van der Waals surface area contributed by atoms with Crippen molar-refractivity contribution in [3.8, 4) is 5.69 Å². The third kappa shape index (κ3) is 5.47. The number of unbranched alkanes of at least 4 members (excludes halogenated alkanes) is 1. The minimum absolute atomic E-state index is 0.295. The fourth-order valence-electron chi connectivity index (χ4n) is 7.43. The van der Waals surface area contributed by atoms with Gasteiger partial charge in [0.1, 0.15) is 0 Å². The lowest BCUT2D eigenvalue weighted by Gasteiger charge is -2.24. The van der Waals surface area contributed by atoms with Crippen LogP contribution in [0.3, 0.4) is 0 Å². The first kappa shape index (κ1) is 28.5. The summed E-state index contributed by atoms with van der Waals surface area (Å²) in [5, 5.41) is 7.96. The van der Waals surface area contributed by atoms with Crippen molar-refractivity contribution in [2.24, 2.45) is 10.8 Å². The zero-order valence-corrected chi connectivity index (χ0v) is 26.6. The van der Waals surface area contributed by atoms with Crippen molar-refractivity contribution >= 4 is 43.4 Å². The predicted molar refractivity (Wildman–Crippen MR) is 185 cm³/mol. The van der Waals surface area contributed by atoms with Gasteiger partial charge in [0, 0.05) is 16.2 Å². The summed E-state index contributed by atoms with van der Waals surface area (Å²) in [6.07, 6.45) is 8.49. The van der Waals surface area contributed by atoms with E-state index >= 15 is 0 Å². The number of fused-ring (bicyclic) bond motifs is 6. The zero-order valence-electron chi connectivity index (χ0n) is 26.6. The zero-order chi connectivity index (χ0) is 29.5. The molecule has 1 nitrogen and oxygen atoms in total. The molecule has 42 heavy (non-hydrogen) atoms. The number of aromatic nitrogens is 1. The molecule has 0 aliphatic carbocycles. The van der Waals surface area contributed by atoms with Crippen molar-refractivity contribution in [2.45, 2.75) is 86.5 Å². The Balaban J connectivity index is 1.60. The molecule has 6 aromatic rings. The second kappa shape index (κ2) is 11.3. The standard InChI is InChI=1S/C41H47N/c1-7-9-23-41(5,6)28-30-19-21-38-36(25-30)35-24-29(27-40(3,4)22-8-2)18-20-37(35)42(38)39-26-31-14-10-11-15-32(31)33-16-12-13-17-34(33)39/h10-21,24-26H,7-9,22-23,27-28H2,1-6H3. The third-order valence-corrected chi connectivity index (χ3v) is 9.38. The lowest BCUT2D eigenvalue weighted by Crippen LogP contribution is -2.14. The molecule has 0 fully saturated rings. The Morgan fingerprint density at radius 3 is 1.67 bits per heavy atom. The fourth-order valence-corrected chi connectivity index (χ4v) is 7.43. The Labute approximate surface area is 252 Å². The van der Waals surface area contributed by atoms with E-state index in [1.807, 2.05) is 0 Å². The van der Waals surface area contributed by atoms with E-state index in [-0.39, 0.29) is 0 Å². The Kier molecular flexibility index (Phi) is 7.64. The van der Waals surface area contributed by atoms with E-state index in [0.717, 1.165) is 12.8 Å². The maximum atomic E-state index is 2.53. The van der Waals surface area contributed by atoms with Crippen LogP contribution in [0.15, 0.2) is 91.0 Å². The highest BCUT2D eigenvalue weighted by Crippen LogP contribution is 2.40. The van der Waals surface area contributed by atoms with Crippen LogP contribution in [0.4, 0.5) is 0 Å². The summed E-state index contributed by atoms with van der Waals surface area (Å²) < 4.78 is 2.53. The molecule has 0 spiro atoms. The van der Waals surface area contributed by atoms with Gasteiger partial charge in [-0.25, -0.2) is 0 Å². The van der Waals surface area contributed by atoms with Crippen LogP contribution in [-0.2, 0) is 12.8 Å². The van der Waals surface area contributed by atoms with Gasteiger partial charge in [-0.05, 0) is 94.1 Å². The number of rotatable bonds is 10. The van der Waals surface area contributed by atoms with E-state index in [2.05, 4.69) is 137 Å². The van der Waals surface area contributed by atoms with Gasteiger partial charge in [-0.2, -0.15) is 0 Å². The van der Waals surface area contributed by atoms with Crippen molar-refractivity contribution < 1.29 is 0 Å². The van der Waals surface area contributed by atoms with E-state index in [1.54, 1.807) is 0 Å². The van der Waals surface area contributed by atoms with E-state index in [4.69, 9.17) is 0 Å². The van der Waals surface area contributed by atoms with Crippen LogP contribution in [0.1, 0.15) is 84.8 Å². The molecule has 6 rings (SSSR count). The van der Waals surface area contributed by atoms with Gasteiger partial charge in [0.2, 0.25) is 0 Å². The molecule has 0 aliphatic rings. The summed E-state index contributed by atoms with van der Waals surface area (Å²) in [5.41, 5.74) is 7.34. The quantitative estimate of drug-likeness (QED) is 0.149. The minimum atomic E-state index is 0.295. The van der Waals surface area contributed by atoms with Crippen LogP contribution in [0.2, 0.25) is 0 Å². The SMILES string of the molecule is CCCCC(C)(C)Cc1ccc2c(c1)c1cc(CC(C)(C)CCC)ccc1n2-c1cc2ccccc2c2ccccc12. The second-order valence-corrected chi connectivity index (χ2v) is 14.2. The average Bonchev–Trinajstić information content (AvgIpc) is 3.28. The summed E-state index contributed by atoms with van der Waals surface area (Å²) >= 11 is 0. The number of benzene rings is 5. The summed E-state index contributed by atoms with van der Waals surface area (Å²) in [6.45, 7) is 14.3. The van der Waals surface area contributed by atoms with Crippen molar-refractivity contribution in [2.75, 3.05) is 0 Å². The number of nitrogens with zero attached hydrogens (tertiary/aromatic N) is 1. The van der Waals surface area contributed by atoms with Crippen LogP contribution in [0.5, 0.6) is 0 Å². The largest absolute Gasteiger partial charge is 0.309 e. The second-order valence-electron chi connectivity index (χ2n) is 14.2. The minimum Gasteiger partial charge on any atom is -0.309 e. The van der Waals surface area contributed by atoms with Crippen molar-refractivity contribution in [3.05, 3.63) is 102 Å². The molecule has 216 valence electrons. The van der Waals surface area contributed by atoms with Crippen LogP contribution < -0.4 is 0 Å². The highest BCUT2D eigenvalue weighted by Gasteiger charge is 2.22. The highest BCUT2D eigenvalue weighted by atomic mass is 15.0. The molecular weight excluding hydrogens is 506 g/mol. The van der Waals surface area contributed by atoms with Crippen LogP contribution >= 0.6 is 0 Å². The molecule has 0 radical (unpaired) electrons. The molecule has 0 amide bonds. The topological polar surface area (TPSA) is 4.93 Å². The van der Waals surface area contributed by atoms with E-state index in [1.165, 1.54) is 92.3 Å². The first-order valence-electron chi connectivity index (χ1n) is 16.2. The van der Waals surface area contributed by atoms with Gasteiger partial charge in [0.15, 0.2) is 0 Å². The lowest BCUT2D eigenvalue weighted by molar-refractivity contribution is 0.321. The Hall–Kier alpha value is -3.58. The van der Waals surface area contributed by atoms with Crippen molar-refractivity contribution in [1.29, 1.82) is 0 Å². The molecule has 0 bridgehead atoms. The summed E-state index contributed by atoms with van der Waals surface area (Å²) in [6, 6.07) is 34.7. The van der Waals surface area contributed by atoms with Gasteiger partial charge < -0.3 is 4.57 Å². The van der Waals surface area contributed by atoms with E-state index in [0.29, 0.717) is 10.8 Å². The van der Waals surface area contributed by atoms with Gasteiger partial charge in [-0.1, -0.05) is 121 Å². The van der Waals surface area contributed by atoms with Crippen LogP contribution in [-0.4, -0.2) is 4.57 Å². The number of hydrogen-bond acceptors (Lipinski definition) is 0. The van der Waals surface area contributed by atoms with Crippen LogP contribution in [0, 0.1) is 10.8 Å². The molecule has 1 aromatic heterocycles. The molecule has 0 aliphatic heterocycles. The summed E-state index contributed by atoms with van der Waals surface area (Å²) in [5.74, 6) is 0. The Morgan fingerprint density at radius 2 is 1.07 bits per heavy atom. The Morgan fingerprint density at radius 1 is 0.524 bits per heavy atom. The van der Waals surface area contributed by atoms with Gasteiger partial charge in [-0.15, -0.1) is 0 Å². The molecule has 5 aromatic carbocycles. The van der Waals surface area contributed by atoms with E-state index < -0.39 is 0 Å². The van der Waals surface area contributed by atoms with Gasteiger partial charge in [0.05, 0.1) is 16.7 Å². The molecule has 0 saturated heterocycles. The van der Waals surface area contributed by atoms with Gasteiger partial charge >= 0.3 is 0 Å². The van der Waals surface area contributed by atoms with Gasteiger partial charge in [-0.3, -0.25) is 0 Å². The first-order valence-corrected chi connectivity index (χ1v) is 16.2. The molecule has 1 heteroatoms. The molecule has 0 atom stereocenters. The van der Waals surface area contributed by atoms with E-state index in [9.17, 15) is 0 Å². The average molecular weight is 554 g/mol. The molecule has 0 unspecified atom stereocenters. The lowest BCUT2D eigenvalue weighted by atomic mass is 9.81. The maximum Gasteiger partial charge on any atom is 0.0546 e.